The molecule has 0 spiro atoms. The minimum atomic E-state index is -0.461. The van der Waals surface area contributed by atoms with Gasteiger partial charge in [0.15, 0.2) is 0 Å². The molecule has 20 heavy (non-hydrogen) atoms. The van der Waals surface area contributed by atoms with Gasteiger partial charge in [-0.2, -0.15) is 0 Å². The molecule has 0 aromatic heterocycles. The number of rotatable bonds is 6. The molecule has 1 atom stereocenters. The van der Waals surface area contributed by atoms with E-state index in [1.165, 1.54) is 0 Å². The van der Waals surface area contributed by atoms with Crippen LogP contribution in [0.3, 0.4) is 0 Å². The van der Waals surface area contributed by atoms with Gasteiger partial charge in [0.1, 0.15) is 5.75 Å². The zero-order valence-corrected chi connectivity index (χ0v) is 13.3. The second-order valence-corrected chi connectivity index (χ2v) is 5.87. The molecule has 0 bridgehead atoms. The molecule has 0 saturated carbocycles. The Labute approximate surface area is 132 Å². The third-order valence-corrected chi connectivity index (χ3v) is 3.78. The number of ether oxygens (including phenoxy) is 1. The molecule has 0 fully saturated rings. The first kappa shape index (κ1) is 15.4. The van der Waals surface area contributed by atoms with Crippen molar-refractivity contribution in [2.75, 3.05) is 6.61 Å². The number of hydrogen-bond acceptors (Lipinski definition) is 2. The molecule has 0 aliphatic rings. The van der Waals surface area contributed by atoms with E-state index < -0.39 is 6.10 Å². The van der Waals surface area contributed by atoms with E-state index in [-0.39, 0.29) is 0 Å². The molecule has 2 rings (SSSR count). The number of halogens is 2. The first-order valence-corrected chi connectivity index (χ1v) is 7.62. The maximum absolute atomic E-state index is 10.0. The molecule has 1 N–H and O–H groups in total. The van der Waals surface area contributed by atoms with E-state index in [1.54, 1.807) is 0 Å². The molecule has 106 valence electrons. The fourth-order valence-corrected chi connectivity index (χ4v) is 2.62. The summed E-state index contributed by atoms with van der Waals surface area (Å²) in [5.74, 6) is 0.821. The van der Waals surface area contributed by atoms with E-state index in [0.717, 1.165) is 15.8 Å². The van der Waals surface area contributed by atoms with Crippen LogP contribution < -0.4 is 4.74 Å². The zero-order valence-electron chi connectivity index (χ0n) is 10.9. The van der Waals surface area contributed by atoms with Crippen molar-refractivity contribution in [2.45, 2.75) is 18.9 Å². The maximum Gasteiger partial charge on any atom is 0.119 e. The second kappa shape index (κ2) is 7.67. The molecule has 0 radical (unpaired) electrons. The standard InChI is InChI=1S/C16H16BrClO2/c17-13-7-6-12(16(18)11-13)10-14(19)8-9-20-15-4-2-1-3-5-15/h1-7,11,14,19H,8-10H2. The summed E-state index contributed by atoms with van der Waals surface area (Å²) < 4.78 is 6.50. The van der Waals surface area contributed by atoms with E-state index in [1.807, 2.05) is 48.5 Å². The van der Waals surface area contributed by atoms with Crippen LogP contribution >= 0.6 is 27.5 Å². The van der Waals surface area contributed by atoms with Gasteiger partial charge in [0.2, 0.25) is 0 Å². The third-order valence-electron chi connectivity index (χ3n) is 2.93. The third kappa shape index (κ3) is 4.82. The summed E-state index contributed by atoms with van der Waals surface area (Å²) in [7, 11) is 0. The average molecular weight is 356 g/mol. The maximum atomic E-state index is 10.0. The summed E-state index contributed by atoms with van der Waals surface area (Å²) in [6.07, 6.45) is 0.642. The fraction of sp³-hybridized carbons (Fsp3) is 0.250. The lowest BCUT2D eigenvalue weighted by molar-refractivity contribution is 0.139. The predicted molar refractivity (Wildman–Crippen MR) is 85.4 cm³/mol. The van der Waals surface area contributed by atoms with Gasteiger partial charge in [-0.05, 0) is 36.2 Å². The molecule has 0 aliphatic heterocycles. The van der Waals surface area contributed by atoms with Gasteiger partial charge in [-0.1, -0.05) is 51.8 Å². The monoisotopic (exact) mass is 354 g/mol. The summed E-state index contributed by atoms with van der Waals surface area (Å²) in [4.78, 5) is 0. The summed E-state index contributed by atoms with van der Waals surface area (Å²) >= 11 is 9.49. The summed E-state index contributed by atoms with van der Waals surface area (Å²) in [5.41, 5.74) is 0.946. The highest BCUT2D eigenvalue weighted by Gasteiger charge is 2.09. The van der Waals surface area contributed by atoms with Crippen LogP contribution in [0.25, 0.3) is 0 Å². The molecular formula is C16H16BrClO2. The highest BCUT2D eigenvalue weighted by molar-refractivity contribution is 9.10. The molecular weight excluding hydrogens is 340 g/mol. The van der Waals surface area contributed by atoms with Crippen LogP contribution in [-0.2, 0) is 6.42 Å². The van der Waals surface area contributed by atoms with E-state index in [0.29, 0.717) is 24.5 Å². The van der Waals surface area contributed by atoms with Crippen molar-refractivity contribution in [2.24, 2.45) is 0 Å². The number of para-hydroxylation sites is 1. The van der Waals surface area contributed by atoms with Crippen LogP contribution in [0.4, 0.5) is 0 Å². The number of aliphatic hydroxyl groups excluding tert-OH is 1. The van der Waals surface area contributed by atoms with Gasteiger partial charge in [-0.15, -0.1) is 0 Å². The fourth-order valence-electron chi connectivity index (χ4n) is 1.87. The van der Waals surface area contributed by atoms with Crippen LogP contribution in [0.2, 0.25) is 5.02 Å². The largest absolute Gasteiger partial charge is 0.493 e. The lowest BCUT2D eigenvalue weighted by Crippen LogP contribution is -2.15. The normalized spacial score (nSPS) is 12.2. The van der Waals surface area contributed by atoms with Crippen molar-refractivity contribution in [1.29, 1.82) is 0 Å². The molecule has 0 aliphatic carbocycles. The molecule has 2 aromatic rings. The minimum Gasteiger partial charge on any atom is -0.493 e. The highest BCUT2D eigenvalue weighted by atomic mass is 79.9. The molecule has 4 heteroatoms. The Morgan fingerprint density at radius 1 is 1.15 bits per heavy atom. The number of hydrogen-bond donors (Lipinski definition) is 1. The smallest absolute Gasteiger partial charge is 0.119 e. The molecule has 2 aromatic carbocycles. The van der Waals surface area contributed by atoms with Gasteiger partial charge in [0.05, 0.1) is 12.7 Å². The van der Waals surface area contributed by atoms with E-state index in [4.69, 9.17) is 16.3 Å². The quantitative estimate of drug-likeness (QED) is 0.828. The molecule has 0 amide bonds. The van der Waals surface area contributed by atoms with Gasteiger partial charge in [-0.3, -0.25) is 0 Å². The van der Waals surface area contributed by atoms with Gasteiger partial charge in [-0.25, -0.2) is 0 Å². The molecule has 0 heterocycles. The Hall–Kier alpha value is -1.03. The van der Waals surface area contributed by atoms with Gasteiger partial charge in [0.25, 0.3) is 0 Å². The van der Waals surface area contributed by atoms with Crippen LogP contribution in [-0.4, -0.2) is 17.8 Å². The first-order valence-electron chi connectivity index (χ1n) is 6.45. The topological polar surface area (TPSA) is 29.5 Å². The Morgan fingerprint density at radius 3 is 2.60 bits per heavy atom. The minimum absolute atomic E-state index is 0.461. The average Bonchev–Trinajstić information content (AvgIpc) is 2.43. The Kier molecular flexibility index (Phi) is 5.89. The number of aliphatic hydroxyl groups is 1. The van der Waals surface area contributed by atoms with E-state index >= 15 is 0 Å². The van der Waals surface area contributed by atoms with E-state index in [2.05, 4.69) is 15.9 Å². The predicted octanol–water partition coefficient (Wildman–Crippen LogP) is 4.48. The van der Waals surface area contributed by atoms with Gasteiger partial charge in [0, 0.05) is 15.9 Å². The Balaban J connectivity index is 1.79. The summed E-state index contributed by atoms with van der Waals surface area (Å²) in [6, 6.07) is 15.3. The summed E-state index contributed by atoms with van der Waals surface area (Å²) in [6.45, 7) is 0.485. The summed E-state index contributed by atoms with van der Waals surface area (Å²) in [5, 5.41) is 10.7. The Morgan fingerprint density at radius 2 is 1.90 bits per heavy atom. The second-order valence-electron chi connectivity index (χ2n) is 4.54. The van der Waals surface area contributed by atoms with Gasteiger partial charge < -0.3 is 9.84 Å². The van der Waals surface area contributed by atoms with Crippen molar-refractivity contribution in [3.05, 3.63) is 63.6 Å². The lowest BCUT2D eigenvalue weighted by Gasteiger charge is -2.13. The highest BCUT2D eigenvalue weighted by Crippen LogP contribution is 2.23. The number of benzene rings is 2. The Bertz CT molecular complexity index is 545. The SMILES string of the molecule is OC(CCOc1ccccc1)Cc1ccc(Br)cc1Cl. The van der Waals surface area contributed by atoms with Crippen molar-refractivity contribution >= 4 is 27.5 Å². The van der Waals surface area contributed by atoms with Crippen LogP contribution in [0, 0.1) is 0 Å². The van der Waals surface area contributed by atoms with Gasteiger partial charge >= 0.3 is 0 Å². The molecule has 0 saturated heterocycles. The molecule has 1 unspecified atom stereocenters. The van der Waals surface area contributed by atoms with Crippen LogP contribution in [0.15, 0.2) is 53.0 Å². The first-order chi connectivity index (χ1) is 9.65. The lowest BCUT2D eigenvalue weighted by atomic mass is 10.1. The zero-order chi connectivity index (χ0) is 14.4. The van der Waals surface area contributed by atoms with Crippen molar-refractivity contribution in [3.8, 4) is 5.75 Å². The van der Waals surface area contributed by atoms with Crippen LogP contribution in [0.1, 0.15) is 12.0 Å². The van der Waals surface area contributed by atoms with E-state index in [9.17, 15) is 5.11 Å². The van der Waals surface area contributed by atoms with Crippen molar-refractivity contribution < 1.29 is 9.84 Å². The van der Waals surface area contributed by atoms with Crippen molar-refractivity contribution in [3.63, 3.8) is 0 Å². The van der Waals surface area contributed by atoms with Crippen LogP contribution in [0.5, 0.6) is 5.75 Å². The molecule has 2 nitrogen and oxygen atoms in total. The van der Waals surface area contributed by atoms with Crippen molar-refractivity contribution in [1.82, 2.24) is 0 Å².